The zero-order valence-corrected chi connectivity index (χ0v) is 24.0. The number of allylic oxidation sites excluding steroid dienone is 6. The fraction of sp³-hybridized carbons (Fsp3) is 0.677. The topological polar surface area (TPSA) is 134 Å². The monoisotopic (exact) mass is 552 g/mol. The summed E-state index contributed by atoms with van der Waals surface area (Å²) in [6, 6.07) is 0. The number of carbonyl (C=O) groups excluding carboxylic acids is 2. The Morgan fingerprint density at radius 3 is 1.95 bits per heavy atom. The van der Waals surface area contributed by atoms with E-state index in [4.69, 9.17) is 9.47 Å². The molecule has 4 N–H and O–H groups in total. The fourth-order valence-electron chi connectivity index (χ4n) is 3.58. The van der Waals surface area contributed by atoms with Crippen molar-refractivity contribution < 1.29 is 39.5 Å². The standard InChI is InChI=1S/C31H52O8/c1-3-5-7-10-16-22-31(37)39-27(24-32)25-38-30(36)23-17-21-29(35)28(34)20-15-12-9-8-11-14-19-26(33)18-13-6-4-2/h8-9,11-12,14-15,19-20,26-29,32-35H,3-7,10,13,16-18,21-25H2,1-2H3/b11-8-,12-9+,19-14+,20-15+/t26-,27+,28-,29-/m1/s1. The van der Waals surface area contributed by atoms with Gasteiger partial charge >= 0.3 is 11.9 Å². The predicted molar refractivity (Wildman–Crippen MR) is 154 cm³/mol. The molecular weight excluding hydrogens is 500 g/mol. The molecule has 0 fully saturated rings. The average Bonchev–Trinajstić information content (AvgIpc) is 2.92. The molecule has 8 nitrogen and oxygen atoms in total. The molecule has 0 amide bonds. The summed E-state index contributed by atoms with van der Waals surface area (Å²) in [6.07, 6.45) is 20.1. The highest BCUT2D eigenvalue weighted by molar-refractivity contribution is 5.70. The third kappa shape index (κ3) is 23.4. The SMILES string of the molecule is CCCCCCCC(=O)O[C@@H](CO)COC(=O)CCC[C@@H](O)[C@H](O)/C=C/C=C/C=C\C=C\[C@H](O)CCCCC. The first-order valence-electron chi connectivity index (χ1n) is 14.5. The zero-order chi connectivity index (χ0) is 29.1. The Labute approximate surface area is 235 Å². The number of hydrogen-bond acceptors (Lipinski definition) is 8. The molecule has 0 bridgehead atoms. The van der Waals surface area contributed by atoms with Crippen molar-refractivity contribution in [1.29, 1.82) is 0 Å². The molecule has 0 radical (unpaired) electrons. The van der Waals surface area contributed by atoms with Crippen LogP contribution in [-0.4, -0.2) is 70.0 Å². The average molecular weight is 553 g/mol. The Hall–Kier alpha value is -2.26. The van der Waals surface area contributed by atoms with Crippen molar-refractivity contribution in [2.75, 3.05) is 13.2 Å². The van der Waals surface area contributed by atoms with Gasteiger partial charge in [0.05, 0.1) is 24.9 Å². The number of esters is 2. The number of hydrogen-bond donors (Lipinski definition) is 4. The predicted octanol–water partition coefficient (Wildman–Crippen LogP) is 4.85. The molecule has 0 spiro atoms. The van der Waals surface area contributed by atoms with E-state index >= 15 is 0 Å². The van der Waals surface area contributed by atoms with Crippen LogP contribution < -0.4 is 0 Å². The number of aliphatic hydroxyl groups excluding tert-OH is 4. The maximum atomic E-state index is 12.0. The molecule has 0 aliphatic heterocycles. The van der Waals surface area contributed by atoms with Crippen LogP contribution in [0.25, 0.3) is 0 Å². The lowest BCUT2D eigenvalue weighted by molar-refractivity contribution is -0.161. The van der Waals surface area contributed by atoms with Crippen LogP contribution in [-0.2, 0) is 19.1 Å². The molecule has 0 aromatic heterocycles. The van der Waals surface area contributed by atoms with Gasteiger partial charge in [0.2, 0.25) is 0 Å². The number of aliphatic hydroxyl groups is 4. The third-order valence-corrected chi connectivity index (χ3v) is 5.99. The quantitative estimate of drug-likeness (QED) is 0.0759. The Balaban J connectivity index is 4.10. The summed E-state index contributed by atoms with van der Waals surface area (Å²) < 4.78 is 10.2. The second-order valence-corrected chi connectivity index (χ2v) is 9.69. The summed E-state index contributed by atoms with van der Waals surface area (Å²) in [7, 11) is 0. The van der Waals surface area contributed by atoms with Gasteiger partial charge in [-0.05, 0) is 25.7 Å². The Morgan fingerprint density at radius 1 is 0.692 bits per heavy atom. The van der Waals surface area contributed by atoms with Gasteiger partial charge in [-0.1, -0.05) is 107 Å². The minimum atomic E-state index is -1.08. The van der Waals surface area contributed by atoms with Crippen molar-refractivity contribution in [3.8, 4) is 0 Å². The Morgan fingerprint density at radius 2 is 1.28 bits per heavy atom. The van der Waals surface area contributed by atoms with Crippen LogP contribution in [0.1, 0.15) is 97.3 Å². The second kappa shape index (κ2) is 26.0. The van der Waals surface area contributed by atoms with Crippen molar-refractivity contribution >= 4 is 11.9 Å². The van der Waals surface area contributed by atoms with Crippen LogP contribution in [0.2, 0.25) is 0 Å². The summed E-state index contributed by atoms with van der Waals surface area (Å²) in [5.74, 6) is -0.944. The molecule has 4 atom stereocenters. The van der Waals surface area contributed by atoms with E-state index in [1.807, 2.05) is 0 Å². The van der Waals surface area contributed by atoms with Crippen molar-refractivity contribution in [2.24, 2.45) is 0 Å². The van der Waals surface area contributed by atoms with E-state index in [9.17, 15) is 30.0 Å². The first kappa shape index (κ1) is 36.7. The van der Waals surface area contributed by atoms with E-state index in [1.165, 1.54) is 6.08 Å². The highest BCUT2D eigenvalue weighted by Gasteiger charge is 2.17. The van der Waals surface area contributed by atoms with Gasteiger partial charge in [-0.25, -0.2) is 0 Å². The van der Waals surface area contributed by atoms with Crippen molar-refractivity contribution in [3.63, 3.8) is 0 Å². The van der Waals surface area contributed by atoms with Gasteiger partial charge in [0.15, 0.2) is 6.10 Å². The number of rotatable bonds is 24. The van der Waals surface area contributed by atoms with Crippen LogP contribution in [0.4, 0.5) is 0 Å². The molecule has 224 valence electrons. The molecule has 0 saturated heterocycles. The second-order valence-electron chi connectivity index (χ2n) is 9.69. The van der Waals surface area contributed by atoms with Gasteiger partial charge in [0, 0.05) is 12.8 Å². The largest absolute Gasteiger partial charge is 0.462 e. The normalized spacial score (nSPS) is 15.3. The molecule has 0 aromatic rings. The third-order valence-electron chi connectivity index (χ3n) is 5.99. The molecular formula is C31H52O8. The van der Waals surface area contributed by atoms with E-state index < -0.39 is 43.0 Å². The fourth-order valence-corrected chi connectivity index (χ4v) is 3.58. The number of unbranched alkanes of at least 4 members (excludes halogenated alkanes) is 6. The van der Waals surface area contributed by atoms with Crippen molar-refractivity contribution in [3.05, 3.63) is 48.6 Å². The first-order valence-corrected chi connectivity index (χ1v) is 14.5. The van der Waals surface area contributed by atoms with Gasteiger partial charge in [0.1, 0.15) is 6.61 Å². The molecule has 0 aliphatic rings. The summed E-state index contributed by atoms with van der Waals surface area (Å²) in [4.78, 5) is 23.8. The van der Waals surface area contributed by atoms with Gasteiger partial charge in [0.25, 0.3) is 0 Å². The molecule has 8 heteroatoms. The van der Waals surface area contributed by atoms with Crippen molar-refractivity contribution in [1.82, 2.24) is 0 Å². The van der Waals surface area contributed by atoms with E-state index in [1.54, 1.807) is 42.5 Å². The Bertz CT molecular complexity index is 728. The van der Waals surface area contributed by atoms with Gasteiger partial charge in [-0.15, -0.1) is 0 Å². The first-order chi connectivity index (χ1) is 18.8. The smallest absolute Gasteiger partial charge is 0.306 e. The van der Waals surface area contributed by atoms with Gasteiger partial charge in [-0.2, -0.15) is 0 Å². The molecule has 0 aliphatic carbocycles. The summed E-state index contributed by atoms with van der Waals surface area (Å²) in [6.45, 7) is 3.59. The van der Waals surface area contributed by atoms with E-state index in [0.717, 1.165) is 57.8 Å². The summed E-state index contributed by atoms with van der Waals surface area (Å²) >= 11 is 0. The maximum Gasteiger partial charge on any atom is 0.306 e. The molecule has 0 heterocycles. The van der Waals surface area contributed by atoms with Crippen LogP contribution in [0.5, 0.6) is 0 Å². The van der Waals surface area contributed by atoms with E-state index in [-0.39, 0.29) is 25.9 Å². The minimum Gasteiger partial charge on any atom is -0.462 e. The maximum absolute atomic E-state index is 12.0. The van der Waals surface area contributed by atoms with E-state index in [2.05, 4.69) is 13.8 Å². The summed E-state index contributed by atoms with van der Waals surface area (Å²) in [5, 5.41) is 39.3. The van der Waals surface area contributed by atoms with Crippen molar-refractivity contribution in [2.45, 2.75) is 122 Å². The Kier molecular flexibility index (Phi) is 24.5. The molecule has 39 heavy (non-hydrogen) atoms. The summed E-state index contributed by atoms with van der Waals surface area (Å²) in [5.41, 5.74) is 0. The van der Waals surface area contributed by atoms with Crippen LogP contribution >= 0.6 is 0 Å². The zero-order valence-electron chi connectivity index (χ0n) is 24.0. The number of carbonyl (C=O) groups is 2. The lowest BCUT2D eigenvalue weighted by atomic mass is 10.1. The minimum absolute atomic E-state index is 0.0303. The lowest BCUT2D eigenvalue weighted by Gasteiger charge is -2.16. The molecule has 0 rings (SSSR count). The highest BCUT2D eigenvalue weighted by Crippen LogP contribution is 2.10. The van der Waals surface area contributed by atoms with Gasteiger partial charge < -0.3 is 29.9 Å². The van der Waals surface area contributed by atoms with Crippen LogP contribution in [0.3, 0.4) is 0 Å². The van der Waals surface area contributed by atoms with Crippen LogP contribution in [0, 0.1) is 0 Å². The number of ether oxygens (including phenoxy) is 2. The molecule has 0 saturated carbocycles. The lowest BCUT2D eigenvalue weighted by Crippen LogP contribution is -2.28. The van der Waals surface area contributed by atoms with Gasteiger partial charge in [-0.3, -0.25) is 9.59 Å². The van der Waals surface area contributed by atoms with E-state index in [0.29, 0.717) is 6.42 Å². The van der Waals surface area contributed by atoms with Crippen LogP contribution in [0.15, 0.2) is 48.6 Å². The highest BCUT2D eigenvalue weighted by atomic mass is 16.6. The molecule has 0 unspecified atom stereocenters. The molecule has 0 aromatic carbocycles.